The standard InChI is InChI=1S/C26H18N8O4S2/c35-33(36)21-9-1-17(2-10-21)13-27-31-25-29-23(15-39-25)19-5-7-20(8-6-19)24-16-40-26(30-24)32-28-14-18-3-11-22(12-4-18)34(37)38/h1-16H,(H,29,31)(H,30,32)/b27-13+,28-14+. The second kappa shape index (κ2) is 12.0. The van der Waals surface area contributed by atoms with E-state index in [0.29, 0.717) is 10.3 Å². The SMILES string of the molecule is O=[N+]([O-])c1ccc(/C=N/Nc2nc(-c3ccc(-c4csc(N/N=C/c5ccc([N+](=O)[O-])cc5)n4)cc3)cs2)cc1. The van der Waals surface area contributed by atoms with E-state index in [-0.39, 0.29) is 11.4 Å². The van der Waals surface area contributed by atoms with E-state index in [1.54, 1.807) is 36.7 Å². The van der Waals surface area contributed by atoms with E-state index in [2.05, 4.69) is 31.0 Å². The highest BCUT2D eigenvalue weighted by atomic mass is 32.1. The number of nitrogens with one attached hydrogen (secondary N) is 2. The predicted octanol–water partition coefficient (Wildman–Crippen LogP) is 6.64. The van der Waals surface area contributed by atoms with Crippen molar-refractivity contribution in [1.29, 1.82) is 0 Å². The minimum absolute atomic E-state index is 0.0265. The third-order valence-corrected chi connectivity index (χ3v) is 6.93. The molecule has 198 valence electrons. The molecule has 0 amide bonds. The van der Waals surface area contributed by atoms with Crippen molar-refractivity contribution < 1.29 is 9.85 Å². The monoisotopic (exact) mass is 570 g/mol. The van der Waals surface area contributed by atoms with Gasteiger partial charge in [0.25, 0.3) is 11.4 Å². The normalized spacial score (nSPS) is 11.2. The minimum atomic E-state index is -0.446. The molecule has 0 unspecified atom stereocenters. The molecule has 40 heavy (non-hydrogen) atoms. The Hall–Kier alpha value is -5.34. The van der Waals surface area contributed by atoms with Crippen LogP contribution in [-0.4, -0.2) is 32.2 Å². The summed E-state index contributed by atoms with van der Waals surface area (Å²) in [6.07, 6.45) is 3.13. The van der Waals surface area contributed by atoms with Gasteiger partial charge in [-0.25, -0.2) is 9.97 Å². The van der Waals surface area contributed by atoms with Crippen molar-refractivity contribution in [3.63, 3.8) is 0 Å². The molecule has 0 bridgehead atoms. The van der Waals surface area contributed by atoms with Crippen LogP contribution in [0.4, 0.5) is 21.6 Å². The molecule has 0 aliphatic carbocycles. The highest BCUT2D eigenvalue weighted by Gasteiger charge is 2.08. The van der Waals surface area contributed by atoms with E-state index < -0.39 is 9.85 Å². The third kappa shape index (κ3) is 6.56. The van der Waals surface area contributed by atoms with Crippen molar-refractivity contribution in [3.8, 4) is 22.5 Å². The Labute approximate surface area is 234 Å². The fourth-order valence-corrected chi connectivity index (χ4v) is 4.75. The Bertz CT molecular complexity index is 1570. The van der Waals surface area contributed by atoms with Crippen LogP contribution in [0.5, 0.6) is 0 Å². The Morgan fingerprint density at radius 2 is 1.00 bits per heavy atom. The molecule has 0 saturated heterocycles. The number of nitrogens with zero attached hydrogens (tertiary/aromatic N) is 6. The average Bonchev–Trinajstić information content (AvgIpc) is 3.64. The number of thiazole rings is 2. The fraction of sp³-hybridized carbons (Fsp3) is 0. The van der Waals surface area contributed by atoms with Crippen LogP contribution in [0.25, 0.3) is 22.5 Å². The number of hydrazone groups is 2. The summed E-state index contributed by atoms with van der Waals surface area (Å²) in [5, 5.41) is 34.9. The molecule has 14 heteroatoms. The van der Waals surface area contributed by atoms with Gasteiger partial charge in [-0.1, -0.05) is 24.3 Å². The summed E-state index contributed by atoms with van der Waals surface area (Å²) in [7, 11) is 0. The molecule has 0 radical (unpaired) electrons. The first kappa shape index (κ1) is 26.3. The Balaban J connectivity index is 1.16. The largest absolute Gasteiger partial charge is 0.269 e. The molecule has 5 aromatic rings. The molecule has 0 aliphatic heterocycles. The van der Waals surface area contributed by atoms with Crippen LogP contribution in [0.1, 0.15) is 11.1 Å². The molecule has 2 N–H and O–H groups in total. The molecule has 0 saturated carbocycles. The fourth-order valence-electron chi connectivity index (χ4n) is 3.42. The molecule has 0 spiro atoms. The van der Waals surface area contributed by atoms with Gasteiger partial charge >= 0.3 is 0 Å². The molecular formula is C26H18N8O4S2. The van der Waals surface area contributed by atoms with Gasteiger partial charge in [-0.2, -0.15) is 10.2 Å². The van der Waals surface area contributed by atoms with Crippen LogP contribution in [0, 0.1) is 20.2 Å². The first-order valence-corrected chi connectivity index (χ1v) is 13.3. The second-order valence-electron chi connectivity index (χ2n) is 8.09. The van der Waals surface area contributed by atoms with Crippen molar-refractivity contribution in [1.82, 2.24) is 9.97 Å². The lowest BCUT2D eigenvalue weighted by atomic mass is 10.1. The van der Waals surface area contributed by atoms with Crippen molar-refractivity contribution in [2.24, 2.45) is 10.2 Å². The summed E-state index contributed by atoms with van der Waals surface area (Å²) >= 11 is 2.82. The zero-order valence-corrected chi connectivity index (χ0v) is 22.0. The topological polar surface area (TPSA) is 161 Å². The summed E-state index contributed by atoms with van der Waals surface area (Å²) < 4.78 is 0. The smallest absolute Gasteiger partial charge is 0.258 e. The molecular weight excluding hydrogens is 552 g/mol. The number of rotatable bonds is 10. The Morgan fingerprint density at radius 1 is 0.625 bits per heavy atom. The van der Waals surface area contributed by atoms with Gasteiger partial charge in [-0.15, -0.1) is 22.7 Å². The van der Waals surface area contributed by atoms with Crippen LogP contribution in [0.3, 0.4) is 0 Å². The van der Waals surface area contributed by atoms with E-state index in [1.165, 1.54) is 46.9 Å². The zero-order valence-electron chi connectivity index (χ0n) is 20.4. The van der Waals surface area contributed by atoms with E-state index >= 15 is 0 Å². The molecule has 0 fully saturated rings. The summed E-state index contributed by atoms with van der Waals surface area (Å²) in [5.74, 6) is 0. The number of nitro groups is 2. The quantitative estimate of drug-likeness (QED) is 0.107. The van der Waals surface area contributed by atoms with Crippen molar-refractivity contribution in [3.05, 3.63) is 115 Å². The predicted molar refractivity (Wildman–Crippen MR) is 157 cm³/mol. The van der Waals surface area contributed by atoms with E-state index in [0.717, 1.165) is 33.6 Å². The summed E-state index contributed by atoms with van der Waals surface area (Å²) in [5.41, 5.74) is 10.7. The lowest BCUT2D eigenvalue weighted by molar-refractivity contribution is -0.385. The van der Waals surface area contributed by atoms with Crippen LogP contribution in [-0.2, 0) is 0 Å². The number of non-ortho nitro benzene ring substituents is 2. The van der Waals surface area contributed by atoms with Crippen LogP contribution < -0.4 is 10.9 Å². The first-order valence-electron chi connectivity index (χ1n) is 11.5. The Kier molecular flexibility index (Phi) is 7.89. The molecule has 5 rings (SSSR count). The van der Waals surface area contributed by atoms with Gasteiger partial charge in [0.05, 0.1) is 33.7 Å². The van der Waals surface area contributed by atoms with Gasteiger partial charge in [0, 0.05) is 46.2 Å². The highest BCUT2D eigenvalue weighted by molar-refractivity contribution is 7.14. The molecule has 2 aromatic heterocycles. The maximum absolute atomic E-state index is 10.7. The molecule has 12 nitrogen and oxygen atoms in total. The van der Waals surface area contributed by atoms with Gasteiger partial charge in [0.2, 0.25) is 10.3 Å². The van der Waals surface area contributed by atoms with E-state index in [9.17, 15) is 20.2 Å². The summed E-state index contributed by atoms with van der Waals surface area (Å²) in [6, 6.07) is 20.0. The molecule has 3 aromatic carbocycles. The lowest BCUT2D eigenvalue weighted by Gasteiger charge is -2.00. The zero-order chi connectivity index (χ0) is 27.9. The van der Waals surface area contributed by atoms with Gasteiger partial charge in [0.15, 0.2) is 0 Å². The van der Waals surface area contributed by atoms with Gasteiger partial charge in [0.1, 0.15) is 0 Å². The maximum Gasteiger partial charge on any atom is 0.269 e. The third-order valence-electron chi connectivity index (χ3n) is 5.44. The van der Waals surface area contributed by atoms with Crippen molar-refractivity contribution in [2.45, 2.75) is 0 Å². The molecule has 0 aliphatic rings. The van der Waals surface area contributed by atoms with Crippen LogP contribution in [0.15, 0.2) is 93.8 Å². The molecule has 2 heterocycles. The number of hydrogen-bond donors (Lipinski definition) is 2. The maximum atomic E-state index is 10.7. The number of nitro benzene ring substituents is 2. The minimum Gasteiger partial charge on any atom is -0.258 e. The summed E-state index contributed by atoms with van der Waals surface area (Å²) in [6.45, 7) is 0. The van der Waals surface area contributed by atoms with Gasteiger partial charge in [-0.3, -0.25) is 31.1 Å². The number of hydrogen-bond acceptors (Lipinski definition) is 12. The van der Waals surface area contributed by atoms with Gasteiger partial charge < -0.3 is 0 Å². The number of anilines is 2. The van der Waals surface area contributed by atoms with E-state index in [1.807, 2.05) is 35.0 Å². The lowest BCUT2D eigenvalue weighted by Crippen LogP contribution is -1.92. The van der Waals surface area contributed by atoms with Crippen molar-refractivity contribution in [2.75, 3.05) is 10.9 Å². The summed E-state index contributed by atoms with van der Waals surface area (Å²) in [4.78, 5) is 29.7. The van der Waals surface area contributed by atoms with Crippen LogP contribution >= 0.6 is 22.7 Å². The van der Waals surface area contributed by atoms with Gasteiger partial charge in [-0.05, 0) is 35.4 Å². The van der Waals surface area contributed by atoms with Crippen LogP contribution in [0.2, 0.25) is 0 Å². The first-order chi connectivity index (χ1) is 19.4. The number of benzene rings is 3. The molecule has 0 atom stereocenters. The average molecular weight is 571 g/mol. The second-order valence-corrected chi connectivity index (χ2v) is 9.81. The van der Waals surface area contributed by atoms with E-state index in [4.69, 9.17) is 0 Å². The Morgan fingerprint density at radius 3 is 1.35 bits per heavy atom. The number of aromatic nitrogens is 2. The van der Waals surface area contributed by atoms with Crippen molar-refractivity contribution >= 4 is 56.7 Å². The highest BCUT2D eigenvalue weighted by Crippen LogP contribution is 2.29.